The fourth-order valence-electron chi connectivity index (χ4n) is 1.09. The number of carbonyl (C=O) groups excluding carboxylic acids is 1. The maximum atomic E-state index is 10.5. The quantitative estimate of drug-likeness (QED) is 0.596. The van der Waals surface area contributed by atoms with E-state index >= 15 is 0 Å². The van der Waals surface area contributed by atoms with Crippen LogP contribution in [0.5, 0.6) is 0 Å². The number of fused-ring (bicyclic) bond motifs is 1. The summed E-state index contributed by atoms with van der Waals surface area (Å²) < 4.78 is 0.734. The highest BCUT2D eigenvalue weighted by molar-refractivity contribution is 9.10. The van der Waals surface area contributed by atoms with Crippen LogP contribution in [-0.2, 0) is 0 Å². The predicted octanol–water partition coefficient (Wildman–Crippen LogP) is 2.14. The summed E-state index contributed by atoms with van der Waals surface area (Å²) in [6.07, 6.45) is 2.44. The van der Waals surface area contributed by atoms with E-state index in [4.69, 9.17) is 0 Å². The van der Waals surface area contributed by atoms with E-state index in [-0.39, 0.29) is 0 Å². The molecule has 1 N–H and O–H groups in total. The third-order valence-electron chi connectivity index (χ3n) is 1.64. The summed E-state index contributed by atoms with van der Waals surface area (Å²) in [5.74, 6) is 0. The van der Waals surface area contributed by atoms with Gasteiger partial charge in [-0.15, -0.1) is 0 Å². The van der Waals surface area contributed by atoms with Crippen LogP contribution < -0.4 is 0 Å². The van der Waals surface area contributed by atoms with Crippen molar-refractivity contribution in [1.29, 1.82) is 0 Å². The molecule has 2 rings (SSSR count). The van der Waals surface area contributed by atoms with E-state index in [0.717, 1.165) is 16.4 Å². The van der Waals surface area contributed by atoms with Crippen molar-refractivity contribution in [3.8, 4) is 0 Å². The van der Waals surface area contributed by atoms with Crippen molar-refractivity contribution in [2.45, 2.75) is 0 Å². The van der Waals surface area contributed by atoms with Gasteiger partial charge in [0.2, 0.25) is 0 Å². The molecule has 0 aliphatic rings. The monoisotopic (exact) mass is 224 g/mol. The average Bonchev–Trinajstić information content (AvgIpc) is 2.46. The van der Waals surface area contributed by atoms with Crippen molar-refractivity contribution in [3.05, 3.63) is 28.5 Å². The number of aromatic amines is 1. The Kier molecular flexibility index (Phi) is 1.69. The van der Waals surface area contributed by atoms with Crippen molar-refractivity contribution >= 4 is 33.2 Å². The number of aromatic nitrogens is 2. The molecule has 2 aromatic rings. The second kappa shape index (κ2) is 2.71. The number of nitrogens with one attached hydrogen (secondary N) is 1. The topological polar surface area (TPSA) is 45.8 Å². The van der Waals surface area contributed by atoms with E-state index in [1.54, 1.807) is 6.20 Å². The molecule has 0 bridgehead atoms. The van der Waals surface area contributed by atoms with Crippen LogP contribution in [0.3, 0.4) is 0 Å². The molecule has 3 nitrogen and oxygen atoms in total. The molecule has 12 heavy (non-hydrogen) atoms. The lowest BCUT2D eigenvalue weighted by Crippen LogP contribution is -1.80. The van der Waals surface area contributed by atoms with Crippen molar-refractivity contribution in [1.82, 2.24) is 9.97 Å². The van der Waals surface area contributed by atoms with Gasteiger partial charge in [0.25, 0.3) is 0 Å². The number of aldehydes is 1. The molecule has 0 aliphatic heterocycles. The molecule has 0 atom stereocenters. The van der Waals surface area contributed by atoms with Gasteiger partial charge in [0.15, 0.2) is 6.29 Å². The van der Waals surface area contributed by atoms with Crippen LogP contribution in [0.4, 0.5) is 0 Å². The molecule has 2 heterocycles. The van der Waals surface area contributed by atoms with E-state index in [0.29, 0.717) is 11.1 Å². The van der Waals surface area contributed by atoms with E-state index in [1.165, 1.54) is 0 Å². The number of H-pyrrole nitrogens is 1. The van der Waals surface area contributed by atoms with Crippen molar-refractivity contribution in [2.24, 2.45) is 0 Å². The molecule has 0 aliphatic carbocycles. The highest BCUT2D eigenvalue weighted by atomic mass is 79.9. The molecular formula is C8H5BrN2O. The molecule has 4 heteroatoms. The van der Waals surface area contributed by atoms with Crippen LogP contribution >= 0.6 is 15.9 Å². The summed E-state index contributed by atoms with van der Waals surface area (Å²) in [6.45, 7) is 0. The molecule has 2 aromatic heterocycles. The Morgan fingerprint density at radius 1 is 1.50 bits per heavy atom. The zero-order valence-electron chi connectivity index (χ0n) is 6.04. The fraction of sp³-hybridized carbons (Fsp3) is 0. The molecule has 0 radical (unpaired) electrons. The van der Waals surface area contributed by atoms with E-state index in [9.17, 15) is 4.79 Å². The third kappa shape index (κ3) is 1.04. The van der Waals surface area contributed by atoms with Crippen molar-refractivity contribution < 1.29 is 4.79 Å². The Morgan fingerprint density at radius 2 is 2.33 bits per heavy atom. The van der Waals surface area contributed by atoms with Crippen LogP contribution in [-0.4, -0.2) is 16.3 Å². The number of halogens is 1. The molecule has 60 valence electrons. The normalized spacial score (nSPS) is 10.4. The zero-order valence-corrected chi connectivity index (χ0v) is 7.63. The lowest BCUT2D eigenvalue weighted by molar-refractivity contribution is 0.112. The van der Waals surface area contributed by atoms with Gasteiger partial charge in [-0.3, -0.25) is 4.79 Å². The fourth-order valence-corrected chi connectivity index (χ4v) is 1.40. The largest absolute Gasteiger partial charge is 0.359 e. The summed E-state index contributed by atoms with van der Waals surface area (Å²) in [5.41, 5.74) is 2.17. The van der Waals surface area contributed by atoms with Crippen LogP contribution in [0.1, 0.15) is 10.4 Å². The maximum Gasteiger partial charge on any atom is 0.153 e. The third-order valence-corrected chi connectivity index (χ3v) is 2.09. The van der Waals surface area contributed by atoms with Gasteiger partial charge in [0.05, 0.1) is 16.6 Å². The molecule has 0 unspecified atom stereocenters. The van der Waals surface area contributed by atoms with Gasteiger partial charge in [-0.2, -0.15) is 0 Å². The first kappa shape index (κ1) is 7.49. The minimum absolute atomic E-state index is 0.589. The summed E-state index contributed by atoms with van der Waals surface area (Å²) in [6, 6.07) is 3.70. The van der Waals surface area contributed by atoms with Gasteiger partial charge in [-0.25, -0.2) is 4.98 Å². The Morgan fingerprint density at radius 3 is 3.08 bits per heavy atom. The number of pyridine rings is 1. The Balaban J connectivity index is 2.83. The van der Waals surface area contributed by atoms with Gasteiger partial charge in [-0.05, 0) is 28.1 Å². The first-order valence-corrected chi connectivity index (χ1v) is 4.19. The van der Waals surface area contributed by atoms with Crippen LogP contribution in [0.2, 0.25) is 0 Å². The van der Waals surface area contributed by atoms with E-state index in [1.807, 2.05) is 12.1 Å². The standard InChI is InChI=1S/C8H5BrN2O/c9-7-2-1-6-8(11-7)5(4-12)3-10-6/h1-4,10H. The maximum absolute atomic E-state index is 10.5. The minimum Gasteiger partial charge on any atom is -0.359 e. The van der Waals surface area contributed by atoms with Crippen LogP contribution in [0.15, 0.2) is 22.9 Å². The van der Waals surface area contributed by atoms with Gasteiger partial charge < -0.3 is 4.98 Å². The average molecular weight is 225 g/mol. The molecule has 0 fully saturated rings. The zero-order chi connectivity index (χ0) is 8.55. The SMILES string of the molecule is O=Cc1c[nH]c2ccc(Br)nc12. The Labute approximate surface area is 76.9 Å². The number of hydrogen-bond acceptors (Lipinski definition) is 2. The molecule has 0 aromatic carbocycles. The lowest BCUT2D eigenvalue weighted by Gasteiger charge is -1.90. The highest BCUT2D eigenvalue weighted by Crippen LogP contribution is 2.17. The number of carbonyl (C=O) groups is 1. The Hall–Kier alpha value is -1.16. The molecule has 0 saturated heterocycles. The van der Waals surface area contributed by atoms with Gasteiger partial charge in [0.1, 0.15) is 4.60 Å². The molecular weight excluding hydrogens is 220 g/mol. The van der Waals surface area contributed by atoms with E-state index < -0.39 is 0 Å². The van der Waals surface area contributed by atoms with E-state index in [2.05, 4.69) is 25.9 Å². The molecule has 0 spiro atoms. The number of rotatable bonds is 1. The summed E-state index contributed by atoms with van der Waals surface area (Å²) in [7, 11) is 0. The summed E-state index contributed by atoms with van der Waals surface area (Å²) >= 11 is 3.24. The molecule has 0 saturated carbocycles. The first-order chi connectivity index (χ1) is 5.81. The van der Waals surface area contributed by atoms with Crippen LogP contribution in [0, 0.1) is 0 Å². The lowest BCUT2D eigenvalue weighted by atomic mass is 10.3. The second-order valence-electron chi connectivity index (χ2n) is 2.39. The summed E-state index contributed by atoms with van der Waals surface area (Å²) in [5, 5.41) is 0. The minimum atomic E-state index is 0.589. The van der Waals surface area contributed by atoms with Gasteiger partial charge in [0, 0.05) is 6.20 Å². The Bertz CT molecular complexity index is 436. The first-order valence-electron chi connectivity index (χ1n) is 3.40. The van der Waals surface area contributed by atoms with Crippen molar-refractivity contribution in [2.75, 3.05) is 0 Å². The predicted molar refractivity (Wildman–Crippen MR) is 49.2 cm³/mol. The summed E-state index contributed by atoms with van der Waals surface area (Å²) in [4.78, 5) is 17.6. The molecule has 0 amide bonds. The second-order valence-corrected chi connectivity index (χ2v) is 3.20. The number of nitrogens with zero attached hydrogens (tertiary/aromatic N) is 1. The number of hydrogen-bond donors (Lipinski definition) is 1. The van der Waals surface area contributed by atoms with Gasteiger partial charge >= 0.3 is 0 Å². The van der Waals surface area contributed by atoms with Crippen LogP contribution in [0.25, 0.3) is 11.0 Å². The van der Waals surface area contributed by atoms with Gasteiger partial charge in [-0.1, -0.05) is 0 Å². The van der Waals surface area contributed by atoms with Crippen molar-refractivity contribution in [3.63, 3.8) is 0 Å². The highest BCUT2D eigenvalue weighted by Gasteiger charge is 2.03. The smallest absolute Gasteiger partial charge is 0.153 e.